The summed E-state index contributed by atoms with van der Waals surface area (Å²) in [6.07, 6.45) is 0. The molecule has 30 heavy (non-hydrogen) atoms. The lowest BCUT2D eigenvalue weighted by molar-refractivity contribution is 1.30. The number of rotatable bonds is 2. The molecule has 0 aliphatic heterocycles. The molecule has 5 aromatic carbocycles. The summed E-state index contributed by atoms with van der Waals surface area (Å²) < 4.78 is 0. The van der Waals surface area contributed by atoms with E-state index in [0.717, 1.165) is 33.5 Å². The predicted octanol–water partition coefficient (Wildman–Crippen LogP) is 7.27. The van der Waals surface area contributed by atoms with Crippen LogP contribution in [0.4, 0.5) is 0 Å². The van der Waals surface area contributed by atoms with Gasteiger partial charge in [0.2, 0.25) is 0 Å². The number of aromatic nitrogens is 2. The van der Waals surface area contributed by atoms with Crippen LogP contribution in [0.15, 0.2) is 109 Å². The number of hydrogen-bond donors (Lipinski definition) is 0. The highest BCUT2D eigenvalue weighted by atomic mass is 14.8. The van der Waals surface area contributed by atoms with E-state index in [2.05, 4.69) is 84.9 Å². The Balaban J connectivity index is 1.76. The first-order valence-electron chi connectivity index (χ1n) is 10.1. The number of para-hydroxylation sites is 2. The molecule has 6 aromatic rings. The van der Waals surface area contributed by atoms with Gasteiger partial charge in [0.25, 0.3) is 0 Å². The van der Waals surface area contributed by atoms with Gasteiger partial charge in [-0.1, -0.05) is 97.1 Å². The van der Waals surface area contributed by atoms with Crippen molar-refractivity contribution in [3.05, 3.63) is 109 Å². The molecule has 2 nitrogen and oxygen atoms in total. The summed E-state index contributed by atoms with van der Waals surface area (Å²) in [5.41, 5.74) is 5.86. The van der Waals surface area contributed by atoms with E-state index in [-0.39, 0.29) is 0 Å². The Morgan fingerprint density at radius 2 is 0.767 bits per heavy atom. The Kier molecular flexibility index (Phi) is 3.82. The van der Waals surface area contributed by atoms with E-state index in [1.165, 1.54) is 21.5 Å². The van der Waals surface area contributed by atoms with Gasteiger partial charge in [0.15, 0.2) is 0 Å². The Morgan fingerprint density at radius 3 is 1.27 bits per heavy atom. The molecule has 0 atom stereocenters. The zero-order chi connectivity index (χ0) is 19.9. The molecule has 0 saturated heterocycles. The lowest BCUT2D eigenvalue weighted by atomic mass is 9.95. The molecular weight excluding hydrogens is 364 g/mol. The van der Waals surface area contributed by atoms with Gasteiger partial charge in [0.1, 0.15) is 0 Å². The normalized spacial score (nSPS) is 11.3. The van der Waals surface area contributed by atoms with Crippen LogP contribution in [-0.2, 0) is 0 Å². The second-order valence-corrected chi connectivity index (χ2v) is 7.46. The van der Waals surface area contributed by atoms with E-state index in [9.17, 15) is 0 Å². The van der Waals surface area contributed by atoms with Gasteiger partial charge in [0.05, 0.1) is 22.4 Å². The number of fused-ring (bicyclic) bond motifs is 3. The van der Waals surface area contributed by atoms with Gasteiger partial charge in [0, 0.05) is 11.1 Å². The van der Waals surface area contributed by atoms with Crippen molar-refractivity contribution in [2.75, 3.05) is 0 Å². The van der Waals surface area contributed by atoms with Gasteiger partial charge in [-0.15, -0.1) is 0 Å². The van der Waals surface area contributed by atoms with Crippen molar-refractivity contribution in [1.82, 2.24) is 9.97 Å². The van der Waals surface area contributed by atoms with Crippen LogP contribution in [0.5, 0.6) is 0 Å². The van der Waals surface area contributed by atoms with E-state index in [4.69, 9.17) is 9.97 Å². The molecule has 140 valence electrons. The van der Waals surface area contributed by atoms with E-state index in [0.29, 0.717) is 0 Å². The minimum absolute atomic E-state index is 0.907. The first-order valence-corrected chi connectivity index (χ1v) is 10.1. The first-order chi connectivity index (χ1) is 14.9. The Labute approximate surface area is 174 Å². The number of benzene rings is 5. The Morgan fingerprint density at radius 1 is 0.367 bits per heavy atom. The van der Waals surface area contributed by atoms with Crippen LogP contribution < -0.4 is 0 Å². The highest BCUT2D eigenvalue weighted by Crippen LogP contribution is 2.37. The van der Waals surface area contributed by atoms with Crippen molar-refractivity contribution in [2.45, 2.75) is 0 Å². The molecule has 1 heterocycles. The van der Waals surface area contributed by atoms with Gasteiger partial charge in [-0.05, 0) is 33.7 Å². The number of nitrogens with zero attached hydrogens (tertiary/aromatic N) is 2. The third kappa shape index (κ3) is 2.66. The second-order valence-electron chi connectivity index (χ2n) is 7.46. The number of hydrogen-bond acceptors (Lipinski definition) is 2. The summed E-state index contributed by atoms with van der Waals surface area (Å²) >= 11 is 0. The fourth-order valence-corrected chi connectivity index (χ4v) is 4.24. The molecule has 0 aliphatic rings. The summed E-state index contributed by atoms with van der Waals surface area (Å²) in [5.74, 6) is 0. The maximum absolute atomic E-state index is 5.12. The summed E-state index contributed by atoms with van der Waals surface area (Å²) in [7, 11) is 0. The van der Waals surface area contributed by atoms with E-state index >= 15 is 0 Å². The quantitative estimate of drug-likeness (QED) is 0.315. The highest BCUT2D eigenvalue weighted by Gasteiger charge is 2.17. The minimum Gasteiger partial charge on any atom is -0.244 e. The monoisotopic (exact) mass is 382 g/mol. The van der Waals surface area contributed by atoms with Crippen LogP contribution in [0.1, 0.15) is 0 Å². The standard InChI is InChI=1S/C28H18N2/c1-3-13-21-19(9-1)11-7-15-23(21)27-28(30-26-18-6-5-17-25(26)29-27)24-16-8-12-20-10-2-4-14-22(20)24/h1-18H. The third-order valence-corrected chi connectivity index (χ3v) is 5.66. The van der Waals surface area contributed by atoms with Crippen molar-refractivity contribution in [2.24, 2.45) is 0 Å². The fourth-order valence-electron chi connectivity index (χ4n) is 4.24. The van der Waals surface area contributed by atoms with Crippen molar-refractivity contribution >= 4 is 32.6 Å². The molecule has 0 N–H and O–H groups in total. The van der Waals surface area contributed by atoms with Gasteiger partial charge >= 0.3 is 0 Å². The average molecular weight is 382 g/mol. The van der Waals surface area contributed by atoms with E-state index in [1.807, 2.05) is 24.3 Å². The van der Waals surface area contributed by atoms with Gasteiger partial charge in [-0.25, -0.2) is 9.97 Å². The molecule has 6 rings (SSSR count). The molecule has 2 heteroatoms. The molecule has 1 aromatic heterocycles. The second kappa shape index (κ2) is 6.78. The SMILES string of the molecule is c1ccc2c(-c3nc4ccccc4nc3-c3cccc4ccccc34)cccc2c1. The van der Waals surface area contributed by atoms with Crippen LogP contribution in [-0.4, -0.2) is 9.97 Å². The van der Waals surface area contributed by atoms with Crippen molar-refractivity contribution in [3.8, 4) is 22.5 Å². The van der Waals surface area contributed by atoms with Crippen LogP contribution >= 0.6 is 0 Å². The zero-order valence-corrected chi connectivity index (χ0v) is 16.3. The molecule has 0 radical (unpaired) electrons. The molecule has 0 bridgehead atoms. The van der Waals surface area contributed by atoms with Crippen LogP contribution in [0.3, 0.4) is 0 Å². The molecule has 0 spiro atoms. The summed E-state index contributed by atoms with van der Waals surface area (Å²) in [6.45, 7) is 0. The Hall–Kier alpha value is -4.04. The lowest BCUT2D eigenvalue weighted by Crippen LogP contribution is -1.96. The summed E-state index contributed by atoms with van der Waals surface area (Å²) in [6, 6.07) is 37.8. The van der Waals surface area contributed by atoms with Crippen LogP contribution in [0, 0.1) is 0 Å². The van der Waals surface area contributed by atoms with Crippen LogP contribution in [0.2, 0.25) is 0 Å². The summed E-state index contributed by atoms with van der Waals surface area (Å²) in [4.78, 5) is 10.2. The Bertz CT molecular complexity index is 1420. The maximum Gasteiger partial charge on any atom is 0.0979 e. The van der Waals surface area contributed by atoms with E-state index < -0.39 is 0 Å². The van der Waals surface area contributed by atoms with Gasteiger partial charge in [-0.2, -0.15) is 0 Å². The molecule has 0 amide bonds. The average Bonchev–Trinajstić information content (AvgIpc) is 2.82. The van der Waals surface area contributed by atoms with Crippen LogP contribution in [0.25, 0.3) is 55.1 Å². The molecule has 0 unspecified atom stereocenters. The molecular formula is C28H18N2. The predicted molar refractivity (Wildman–Crippen MR) is 125 cm³/mol. The molecule has 0 saturated carbocycles. The summed E-state index contributed by atoms with van der Waals surface area (Å²) in [5, 5.41) is 4.78. The van der Waals surface area contributed by atoms with Gasteiger partial charge < -0.3 is 0 Å². The zero-order valence-electron chi connectivity index (χ0n) is 16.3. The largest absolute Gasteiger partial charge is 0.244 e. The highest BCUT2D eigenvalue weighted by molar-refractivity contribution is 6.04. The third-order valence-electron chi connectivity index (χ3n) is 5.66. The van der Waals surface area contributed by atoms with E-state index in [1.54, 1.807) is 0 Å². The smallest absolute Gasteiger partial charge is 0.0979 e. The van der Waals surface area contributed by atoms with Gasteiger partial charge in [-0.3, -0.25) is 0 Å². The maximum atomic E-state index is 5.12. The topological polar surface area (TPSA) is 25.8 Å². The first kappa shape index (κ1) is 16.9. The molecule has 0 fully saturated rings. The van der Waals surface area contributed by atoms with Crippen molar-refractivity contribution < 1.29 is 0 Å². The minimum atomic E-state index is 0.907. The lowest BCUT2D eigenvalue weighted by Gasteiger charge is -2.14. The van der Waals surface area contributed by atoms with Crippen molar-refractivity contribution in [3.63, 3.8) is 0 Å². The molecule has 0 aliphatic carbocycles. The van der Waals surface area contributed by atoms with Crippen molar-refractivity contribution in [1.29, 1.82) is 0 Å². The fraction of sp³-hybridized carbons (Fsp3) is 0.